The van der Waals surface area contributed by atoms with E-state index in [1.807, 2.05) is 25.5 Å². The highest BCUT2D eigenvalue weighted by molar-refractivity contribution is 7.87. The second-order valence-electron chi connectivity index (χ2n) is 5.66. The van der Waals surface area contributed by atoms with Crippen molar-refractivity contribution in [2.75, 3.05) is 33.7 Å². The molecule has 0 bridgehead atoms. The van der Waals surface area contributed by atoms with E-state index in [-0.39, 0.29) is 6.04 Å². The van der Waals surface area contributed by atoms with Crippen molar-refractivity contribution in [1.29, 1.82) is 0 Å². The summed E-state index contributed by atoms with van der Waals surface area (Å²) in [6.45, 7) is 1.69. The van der Waals surface area contributed by atoms with Crippen LogP contribution in [0.3, 0.4) is 0 Å². The highest BCUT2D eigenvalue weighted by Crippen LogP contribution is 2.23. The van der Waals surface area contributed by atoms with E-state index in [9.17, 15) is 8.42 Å². The van der Waals surface area contributed by atoms with Gasteiger partial charge in [0.2, 0.25) is 0 Å². The molecule has 0 aliphatic carbocycles. The summed E-state index contributed by atoms with van der Waals surface area (Å²) in [7, 11) is 0.589. The maximum absolute atomic E-state index is 12.4. The lowest BCUT2D eigenvalue weighted by molar-refractivity contribution is 0.300. The van der Waals surface area contributed by atoms with E-state index in [4.69, 9.17) is 0 Å². The molecule has 2 heterocycles. The number of rotatable bonds is 6. The van der Waals surface area contributed by atoms with Gasteiger partial charge >= 0.3 is 0 Å². The molecule has 7 heteroatoms. The van der Waals surface area contributed by atoms with Crippen LogP contribution in [0.5, 0.6) is 0 Å². The van der Waals surface area contributed by atoms with Crippen molar-refractivity contribution in [3.63, 3.8) is 0 Å². The van der Waals surface area contributed by atoms with Gasteiger partial charge in [-0.25, -0.2) is 4.72 Å². The van der Waals surface area contributed by atoms with Crippen LogP contribution in [0.4, 0.5) is 0 Å². The molecule has 0 saturated carbocycles. The van der Waals surface area contributed by atoms with Crippen LogP contribution >= 0.6 is 11.3 Å². The first-order valence-electron chi connectivity index (χ1n) is 7.45. The summed E-state index contributed by atoms with van der Waals surface area (Å²) >= 11 is 1.66. The van der Waals surface area contributed by atoms with E-state index >= 15 is 0 Å². The van der Waals surface area contributed by atoms with Crippen molar-refractivity contribution in [3.05, 3.63) is 22.4 Å². The summed E-state index contributed by atoms with van der Waals surface area (Å²) in [5.41, 5.74) is 0. The Balaban J connectivity index is 1.99. The smallest absolute Gasteiger partial charge is 0.279 e. The van der Waals surface area contributed by atoms with Gasteiger partial charge in [-0.05, 0) is 38.4 Å². The predicted octanol–water partition coefficient (Wildman–Crippen LogP) is 2.06. The van der Waals surface area contributed by atoms with Crippen molar-refractivity contribution in [3.8, 4) is 0 Å². The maximum atomic E-state index is 12.4. The summed E-state index contributed by atoms with van der Waals surface area (Å²) in [5, 5.41) is 2.02. The maximum Gasteiger partial charge on any atom is 0.279 e. The van der Waals surface area contributed by atoms with Crippen LogP contribution < -0.4 is 4.72 Å². The molecule has 1 aromatic heterocycles. The zero-order valence-electron chi connectivity index (χ0n) is 12.8. The number of nitrogens with one attached hydrogen (secondary N) is 1. The molecule has 1 N–H and O–H groups in total. The second-order valence-corrected chi connectivity index (χ2v) is 8.40. The monoisotopic (exact) mass is 331 g/mol. The molecule has 1 aromatic rings. The fourth-order valence-corrected chi connectivity index (χ4v) is 4.79. The van der Waals surface area contributed by atoms with Crippen molar-refractivity contribution >= 4 is 21.5 Å². The Bertz CT molecular complexity index is 506. The lowest BCUT2D eigenvalue weighted by Crippen LogP contribution is -2.44. The SMILES string of the molecule is CN(C)[C@@H](CNS(=O)(=O)N1CCCCCC1)c1cccs1. The Morgan fingerprint density at radius 1 is 1.29 bits per heavy atom. The zero-order valence-corrected chi connectivity index (χ0v) is 14.4. The van der Waals surface area contributed by atoms with Gasteiger partial charge in [0.25, 0.3) is 10.2 Å². The van der Waals surface area contributed by atoms with Crippen LogP contribution in [0.15, 0.2) is 17.5 Å². The Kier molecular flexibility index (Phi) is 6.19. The summed E-state index contributed by atoms with van der Waals surface area (Å²) in [4.78, 5) is 3.23. The number of hydrogen-bond acceptors (Lipinski definition) is 4. The Morgan fingerprint density at radius 3 is 2.48 bits per heavy atom. The zero-order chi connectivity index (χ0) is 15.3. The van der Waals surface area contributed by atoms with Gasteiger partial charge in [0, 0.05) is 24.5 Å². The minimum absolute atomic E-state index is 0.0757. The van der Waals surface area contributed by atoms with Crippen molar-refractivity contribution in [2.45, 2.75) is 31.7 Å². The van der Waals surface area contributed by atoms with Gasteiger partial charge in [-0.3, -0.25) is 0 Å². The Labute approximate surface area is 132 Å². The van der Waals surface area contributed by atoms with Crippen molar-refractivity contribution < 1.29 is 8.42 Å². The number of nitrogens with zero attached hydrogens (tertiary/aromatic N) is 2. The first-order chi connectivity index (χ1) is 10.0. The van der Waals surface area contributed by atoms with E-state index in [0.717, 1.165) is 25.7 Å². The third-order valence-electron chi connectivity index (χ3n) is 3.86. The largest absolute Gasteiger partial charge is 0.300 e. The molecule has 2 rings (SSSR count). The number of thiophene rings is 1. The molecule has 1 fully saturated rings. The van der Waals surface area contributed by atoms with Gasteiger partial charge in [0.05, 0.1) is 6.04 Å². The molecule has 0 amide bonds. The third kappa shape index (κ3) is 4.75. The lowest BCUT2D eigenvalue weighted by atomic mass is 10.2. The first kappa shape index (κ1) is 16.9. The van der Waals surface area contributed by atoms with Crippen LogP contribution in [0.2, 0.25) is 0 Å². The molecular formula is C14H25N3O2S2. The standard InChI is InChI=1S/C14H25N3O2S2/c1-16(2)13(14-8-7-11-20-14)12-15-21(18,19)17-9-5-3-4-6-10-17/h7-8,11,13,15H,3-6,9-10,12H2,1-2H3/t13-/m0/s1. The third-order valence-corrected chi connectivity index (χ3v) is 6.41. The predicted molar refractivity (Wildman–Crippen MR) is 87.7 cm³/mol. The van der Waals surface area contributed by atoms with Crippen LogP contribution in [-0.2, 0) is 10.2 Å². The van der Waals surface area contributed by atoms with Gasteiger partial charge in [0.1, 0.15) is 0 Å². The van der Waals surface area contributed by atoms with Gasteiger partial charge in [-0.2, -0.15) is 12.7 Å². The first-order valence-corrected chi connectivity index (χ1v) is 9.77. The minimum Gasteiger partial charge on any atom is -0.300 e. The molecule has 0 radical (unpaired) electrons. The highest BCUT2D eigenvalue weighted by Gasteiger charge is 2.25. The van der Waals surface area contributed by atoms with Gasteiger partial charge in [-0.15, -0.1) is 11.3 Å². The highest BCUT2D eigenvalue weighted by atomic mass is 32.2. The van der Waals surface area contributed by atoms with Crippen LogP contribution in [0.1, 0.15) is 36.6 Å². The van der Waals surface area contributed by atoms with Crippen LogP contribution in [0.25, 0.3) is 0 Å². The Hall–Kier alpha value is -0.470. The summed E-state index contributed by atoms with van der Waals surface area (Å²) in [6, 6.07) is 4.13. The Morgan fingerprint density at radius 2 is 1.95 bits per heavy atom. The molecule has 1 aliphatic rings. The fourth-order valence-electron chi connectivity index (χ4n) is 2.58. The molecular weight excluding hydrogens is 306 g/mol. The summed E-state index contributed by atoms with van der Waals surface area (Å²) < 4.78 is 29.3. The van der Waals surface area contributed by atoms with E-state index in [2.05, 4.69) is 15.7 Å². The van der Waals surface area contributed by atoms with E-state index < -0.39 is 10.2 Å². The molecule has 0 spiro atoms. The van der Waals surface area contributed by atoms with Crippen LogP contribution in [-0.4, -0.2) is 51.4 Å². The summed E-state index contributed by atoms with van der Waals surface area (Å²) in [5.74, 6) is 0. The molecule has 1 saturated heterocycles. The molecule has 5 nitrogen and oxygen atoms in total. The molecule has 1 atom stereocenters. The molecule has 120 valence electrons. The number of hydrogen-bond donors (Lipinski definition) is 1. The molecule has 1 aliphatic heterocycles. The normalized spacial score (nSPS) is 19.6. The summed E-state index contributed by atoms with van der Waals surface area (Å²) in [6.07, 6.45) is 4.18. The van der Waals surface area contributed by atoms with Crippen molar-refractivity contribution in [1.82, 2.24) is 13.9 Å². The molecule has 21 heavy (non-hydrogen) atoms. The second kappa shape index (κ2) is 7.69. The lowest BCUT2D eigenvalue weighted by Gasteiger charge is -2.26. The number of likely N-dealkylation sites (N-methyl/N-ethyl adjacent to an activating group) is 1. The van der Waals surface area contributed by atoms with E-state index in [0.29, 0.717) is 19.6 Å². The van der Waals surface area contributed by atoms with Crippen molar-refractivity contribution in [2.24, 2.45) is 0 Å². The van der Waals surface area contributed by atoms with Gasteiger partial charge in [-0.1, -0.05) is 18.9 Å². The van der Waals surface area contributed by atoms with Gasteiger partial charge < -0.3 is 4.90 Å². The average molecular weight is 332 g/mol. The van der Waals surface area contributed by atoms with E-state index in [1.165, 1.54) is 4.88 Å². The molecule has 0 unspecified atom stereocenters. The average Bonchev–Trinajstić information content (AvgIpc) is 2.79. The minimum atomic E-state index is -3.37. The molecule has 0 aromatic carbocycles. The van der Waals surface area contributed by atoms with Gasteiger partial charge in [0.15, 0.2) is 0 Å². The quantitative estimate of drug-likeness (QED) is 0.868. The van der Waals surface area contributed by atoms with E-state index in [1.54, 1.807) is 15.6 Å². The fraction of sp³-hybridized carbons (Fsp3) is 0.714. The van der Waals surface area contributed by atoms with Crippen LogP contribution in [0, 0.1) is 0 Å². The topological polar surface area (TPSA) is 52.7 Å².